The van der Waals surface area contributed by atoms with Gasteiger partial charge in [-0.1, -0.05) is 30.3 Å². The first-order chi connectivity index (χ1) is 29.7. The zero-order valence-electron chi connectivity index (χ0n) is 34.8. The topological polar surface area (TPSA) is 460 Å². The highest BCUT2D eigenvalue weighted by Gasteiger charge is 2.46. The van der Waals surface area contributed by atoms with Crippen molar-refractivity contribution in [1.82, 2.24) is 26.6 Å². The molecule has 1 aliphatic rings. The van der Waals surface area contributed by atoms with Crippen molar-refractivity contribution in [3.05, 3.63) is 35.9 Å². The first-order valence-electron chi connectivity index (χ1n) is 19.9. The van der Waals surface area contributed by atoms with Crippen LogP contribution in [0, 0.1) is 0 Å². The van der Waals surface area contributed by atoms with Gasteiger partial charge in [-0.25, -0.2) is 4.79 Å². The average molecular weight is 896 g/mol. The molecular formula is C37H61N13O13. The molecule has 6 amide bonds. The van der Waals surface area contributed by atoms with E-state index >= 15 is 0 Å². The summed E-state index contributed by atoms with van der Waals surface area (Å²) in [6.45, 7) is -0.469. The van der Waals surface area contributed by atoms with Crippen LogP contribution in [0.2, 0.25) is 0 Å². The number of aliphatic carboxylic acids is 1. The quantitative estimate of drug-likeness (QED) is 0.0222. The Labute approximate surface area is 362 Å². The Morgan fingerprint density at radius 1 is 0.746 bits per heavy atom. The van der Waals surface area contributed by atoms with Gasteiger partial charge in [-0.15, -0.1) is 0 Å². The molecular weight excluding hydrogens is 834 g/mol. The highest BCUT2D eigenvalue weighted by atomic mass is 16.7. The average Bonchev–Trinajstić information content (AvgIpc) is 3.22. The number of aliphatic hydroxyl groups is 3. The maximum Gasteiger partial charge on any atom is 0.326 e. The van der Waals surface area contributed by atoms with Gasteiger partial charge < -0.3 is 90.9 Å². The van der Waals surface area contributed by atoms with Crippen LogP contribution in [0.1, 0.15) is 51.0 Å². The van der Waals surface area contributed by atoms with Crippen LogP contribution in [-0.2, 0) is 49.5 Å². The van der Waals surface area contributed by atoms with E-state index < -0.39 is 115 Å². The lowest BCUT2D eigenvalue weighted by molar-refractivity contribution is -0.271. The van der Waals surface area contributed by atoms with Crippen molar-refractivity contribution in [2.24, 2.45) is 44.4 Å². The van der Waals surface area contributed by atoms with Gasteiger partial charge in [0.2, 0.25) is 35.4 Å². The van der Waals surface area contributed by atoms with Gasteiger partial charge >= 0.3 is 5.97 Å². The van der Waals surface area contributed by atoms with Crippen LogP contribution in [0.25, 0.3) is 0 Å². The normalized spacial score (nSPS) is 20.6. The third-order valence-corrected chi connectivity index (χ3v) is 9.40. The van der Waals surface area contributed by atoms with Gasteiger partial charge in [-0.2, -0.15) is 0 Å². The maximum absolute atomic E-state index is 14.3. The standard InChI is InChI=1S/C37H61N13O13/c1-18(52)46-27-29(55)28(54)25(16-51)63-35(27)62-17-24(33(59)48-22(34(60)61)10-6-14-45-37(42)43)50-32(58)23(15-19-7-3-2-4-8-19)49-31(57)21(9-5-13-44-36(40)41)47-30(56)20(38)11-12-26(39)53/h2-4,7-8,20-25,27-29,35,51,54-55H,5-6,9-17,38H2,1H3,(H2,39,53)(H,46,52)(H,47,56)(H,48,59)(H,49,57)(H,50,58)(H,60,61)(H4,40,41,44)(H4,42,43,45)/t20-,21-,22-,23-,24-,25+,27+,28+,29+,35+/m0/s1. The number of aliphatic hydroxyl groups excluding tert-OH is 3. The van der Waals surface area contributed by atoms with Crippen LogP contribution in [0.15, 0.2) is 40.3 Å². The lowest BCUT2D eigenvalue weighted by Gasteiger charge is -2.42. The van der Waals surface area contributed by atoms with Crippen molar-refractivity contribution in [3.63, 3.8) is 0 Å². The molecule has 2 rings (SSSR count). The van der Waals surface area contributed by atoms with Crippen molar-refractivity contribution in [2.45, 2.75) is 113 Å². The minimum absolute atomic E-state index is 0.0188. The molecule has 0 bridgehead atoms. The molecule has 1 saturated heterocycles. The van der Waals surface area contributed by atoms with Crippen LogP contribution in [-0.4, -0.2) is 161 Å². The van der Waals surface area contributed by atoms with Crippen molar-refractivity contribution in [2.75, 3.05) is 26.3 Å². The molecule has 1 aromatic carbocycles. The number of primary amides is 1. The van der Waals surface area contributed by atoms with Gasteiger partial charge in [0.1, 0.15) is 48.5 Å². The van der Waals surface area contributed by atoms with E-state index in [1.165, 1.54) is 0 Å². The molecule has 0 saturated carbocycles. The first-order valence-corrected chi connectivity index (χ1v) is 19.9. The number of nitrogens with two attached hydrogens (primary N) is 6. The zero-order chi connectivity index (χ0) is 47.2. The number of nitrogens with zero attached hydrogens (tertiary/aromatic N) is 2. The molecule has 26 nitrogen and oxygen atoms in total. The Bertz CT molecular complexity index is 1750. The summed E-state index contributed by atoms with van der Waals surface area (Å²) in [5.41, 5.74) is 33.2. The van der Waals surface area contributed by atoms with Crippen LogP contribution in [0.5, 0.6) is 0 Å². The number of rotatable bonds is 27. The van der Waals surface area contributed by atoms with Crippen LogP contribution < -0.4 is 61.0 Å². The van der Waals surface area contributed by atoms with Gasteiger partial charge in [0.15, 0.2) is 18.2 Å². The molecule has 0 aliphatic carbocycles. The van der Waals surface area contributed by atoms with Crippen molar-refractivity contribution >= 4 is 53.3 Å². The Kier molecular flexibility index (Phi) is 22.7. The molecule has 0 unspecified atom stereocenters. The number of aliphatic imine (C=N–C) groups is 2. The predicted octanol–water partition coefficient (Wildman–Crippen LogP) is -7.09. The Hall–Kier alpha value is -6.19. The zero-order valence-corrected chi connectivity index (χ0v) is 34.8. The molecule has 26 heteroatoms. The number of carboxylic acid groups (broad SMARTS) is 1. The largest absolute Gasteiger partial charge is 0.480 e. The number of hydrogen-bond acceptors (Lipinski definition) is 15. The summed E-state index contributed by atoms with van der Waals surface area (Å²) in [7, 11) is 0. The number of carbonyl (C=O) groups is 7. The van der Waals surface area contributed by atoms with E-state index in [-0.39, 0.29) is 70.0 Å². The van der Waals surface area contributed by atoms with E-state index in [1.807, 2.05) is 0 Å². The molecule has 21 N–H and O–H groups in total. The van der Waals surface area contributed by atoms with Crippen LogP contribution in [0.4, 0.5) is 0 Å². The van der Waals surface area contributed by atoms with Crippen molar-refractivity contribution < 1.29 is 63.5 Å². The SMILES string of the molecule is CC(=O)N[C@H]1[C@H](OC[C@H](NC(=O)[C@H](Cc2ccccc2)NC(=O)[C@H](CCCN=C(N)N)NC(=O)[C@@H](N)CCC(N)=O)C(=O)N[C@@H](CCCN=C(N)N)C(=O)O)O[C@H](CO)[C@@H](O)[C@@H]1O. The fourth-order valence-corrected chi connectivity index (χ4v) is 6.10. The second-order valence-electron chi connectivity index (χ2n) is 14.5. The molecule has 1 aliphatic heterocycles. The highest BCUT2D eigenvalue weighted by molar-refractivity contribution is 5.95. The minimum Gasteiger partial charge on any atom is -0.480 e. The highest BCUT2D eigenvalue weighted by Crippen LogP contribution is 2.22. The third-order valence-electron chi connectivity index (χ3n) is 9.40. The van der Waals surface area contributed by atoms with Crippen molar-refractivity contribution in [1.29, 1.82) is 0 Å². The van der Waals surface area contributed by atoms with E-state index in [2.05, 4.69) is 36.6 Å². The number of carbonyl (C=O) groups excluding carboxylic acids is 6. The third kappa shape index (κ3) is 19.2. The van der Waals surface area contributed by atoms with Crippen molar-refractivity contribution in [3.8, 4) is 0 Å². The molecule has 352 valence electrons. The monoisotopic (exact) mass is 895 g/mol. The van der Waals surface area contributed by atoms with Crippen LogP contribution >= 0.6 is 0 Å². The molecule has 0 aromatic heterocycles. The van der Waals surface area contributed by atoms with Crippen LogP contribution in [0.3, 0.4) is 0 Å². The number of benzene rings is 1. The van der Waals surface area contributed by atoms with Gasteiger partial charge in [0, 0.05) is 32.9 Å². The molecule has 1 aromatic rings. The summed E-state index contributed by atoms with van der Waals surface area (Å²) in [5, 5.41) is 53.2. The second kappa shape index (κ2) is 27.0. The summed E-state index contributed by atoms with van der Waals surface area (Å²) in [6.07, 6.45) is -7.03. The summed E-state index contributed by atoms with van der Waals surface area (Å²) < 4.78 is 11.4. The number of nitrogens with one attached hydrogen (secondary N) is 5. The molecule has 1 heterocycles. The number of amides is 6. The first kappa shape index (κ1) is 52.9. The maximum atomic E-state index is 14.3. The summed E-state index contributed by atoms with van der Waals surface area (Å²) in [6, 6.07) is -0.566. The lowest BCUT2D eigenvalue weighted by atomic mass is 9.97. The summed E-state index contributed by atoms with van der Waals surface area (Å²) in [4.78, 5) is 98.4. The molecule has 10 atom stereocenters. The molecule has 1 fully saturated rings. The number of hydrogen-bond donors (Lipinski definition) is 15. The predicted molar refractivity (Wildman–Crippen MR) is 223 cm³/mol. The summed E-state index contributed by atoms with van der Waals surface area (Å²) >= 11 is 0. The fraction of sp³-hybridized carbons (Fsp3) is 0.595. The molecule has 63 heavy (non-hydrogen) atoms. The number of ether oxygens (including phenoxy) is 2. The number of carboxylic acids is 1. The van der Waals surface area contributed by atoms with E-state index in [0.717, 1.165) is 6.92 Å². The second-order valence-corrected chi connectivity index (χ2v) is 14.5. The lowest BCUT2D eigenvalue weighted by Crippen LogP contribution is -2.65. The number of guanidine groups is 2. The minimum atomic E-state index is -1.79. The summed E-state index contributed by atoms with van der Waals surface area (Å²) in [5.74, 6) is -7.13. The van der Waals surface area contributed by atoms with E-state index in [9.17, 15) is 54.0 Å². The van der Waals surface area contributed by atoms with Gasteiger partial charge in [0.25, 0.3) is 0 Å². The fourth-order valence-electron chi connectivity index (χ4n) is 6.10. The Balaban J connectivity index is 2.52. The Morgan fingerprint density at radius 2 is 1.27 bits per heavy atom. The van der Waals surface area contributed by atoms with Gasteiger partial charge in [-0.3, -0.25) is 38.8 Å². The van der Waals surface area contributed by atoms with Gasteiger partial charge in [0.05, 0.1) is 19.3 Å². The molecule has 0 radical (unpaired) electrons. The smallest absolute Gasteiger partial charge is 0.326 e. The van der Waals surface area contributed by atoms with Gasteiger partial charge in [-0.05, 0) is 37.7 Å². The van der Waals surface area contributed by atoms with E-state index in [1.54, 1.807) is 30.3 Å². The van der Waals surface area contributed by atoms with E-state index in [4.69, 9.17) is 43.9 Å². The Morgan fingerprint density at radius 3 is 1.81 bits per heavy atom. The molecule has 0 spiro atoms. The van der Waals surface area contributed by atoms with E-state index in [0.29, 0.717) is 5.56 Å².